The van der Waals surface area contributed by atoms with Crippen molar-refractivity contribution in [3.63, 3.8) is 0 Å². The van der Waals surface area contributed by atoms with E-state index in [1.807, 2.05) is 61.5 Å². The first-order valence-electron chi connectivity index (χ1n) is 7.34. The minimum Gasteiger partial charge on any atom is -0.494 e. The van der Waals surface area contributed by atoms with E-state index in [1.165, 1.54) is 4.90 Å². The number of ether oxygens (including phenoxy) is 1. The molecule has 4 nitrogen and oxygen atoms in total. The molecule has 0 aliphatic carbocycles. The number of benzene rings is 2. The number of hydrogen-bond donors (Lipinski definition) is 1. The van der Waals surface area contributed by atoms with Crippen LogP contribution in [0.1, 0.15) is 12.5 Å². The first-order valence-corrected chi connectivity index (χ1v) is 7.75. The zero-order chi connectivity index (χ0) is 16.2. The molecule has 1 fully saturated rings. The lowest BCUT2D eigenvalue weighted by molar-refractivity contribution is -0.113. The zero-order valence-electron chi connectivity index (χ0n) is 12.7. The molecular formula is C18H16N2O2S. The summed E-state index contributed by atoms with van der Waals surface area (Å²) in [7, 11) is 0. The van der Waals surface area contributed by atoms with E-state index in [1.54, 1.807) is 6.08 Å². The average molecular weight is 324 g/mol. The molecule has 0 spiro atoms. The van der Waals surface area contributed by atoms with E-state index in [0.717, 1.165) is 11.3 Å². The highest BCUT2D eigenvalue weighted by Crippen LogP contribution is 2.24. The number of nitrogens with one attached hydrogen (secondary N) is 1. The predicted molar refractivity (Wildman–Crippen MR) is 95.2 cm³/mol. The third-order valence-electron chi connectivity index (χ3n) is 3.39. The highest BCUT2D eigenvalue weighted by atomic mass is 32.1. The Kier molecular flexibility index (Phi) is 4.39. The summed E-state index contributed by atoms with van der Waals surface area (Å²) in [6.45, 7) is 2.53. The van der Waals surface area contributed by atoms with Crippen LogP contribution in [0.4, 0.5) is 5.69 Å². The van der Waals surface area contributed by atoms with Gasteiger partial charge in [-0.25, -0.2) is 0 Å². The maximum Gasteiger partial charge on any atom is 0.281 e. The van der Waals surface area contributed by atoms with Gasteiger partial charge in [0.2, 0.25) is 0 Å². The maximum absolute atomic E-state index is 12.6. The number of hydrogen-bond acceptors (Lipinski definition) is 3. The molecule has 0 unspecified atom stereocenters. The lowest BCUT2D eigenvalue weighted by Crippen LogP contribution is -2.30. The van der Waals surface area contributed by atoms with Gasteiger partial charge in [0.25, 0.3) is 5.91 Å². The van der Waals surface area contributed by atoms with E-state index in [0.29, 0.717) is 23.1 Å². The molecule has 0 atom stereocenters. The van der Waals surface area contributed by atoms with Gasteiger partial charge in [0.05, 0.1) is 12.3 Å². The summed E-state index contributed by atoms with van der Waals surface area (Å²) in [5, 5.41) is 3.35. The molecule has 5 heteroatoms. The van der Waals surface area contributed by atoms with Crippen LogP contribution in [0.25, 0.3) is 6.08 Å². The van der Waals surface area contributed by atoms with Gasteiger partial charge in [-0.1, -0.05) is 30.3 Å². The number of thiocarbonyl (C=S) groups is 1. The molecule has 0 radical (unpaired) electrons. The Labute approximate surface area is 140 Å². The van der Waals surface area contributed by atoms with Crippen LogP contribution in [0, 0.1) is 0 Å². The summed E-state index contributed by atoms with van der Waals surface area (Å²) in [5.74, 6) is 0.602. The number of carbonyl (C=O) groups is 1. The molecule has 2 aromatic rings. The Bertz CT molecular complexity index is 754. The highest BCUT2D eigenvalue weighted by Gasteiger charge is 2.31. The lowest BCUT2D eigenvalue weighted by atomic mass is 10.2. The van der Waals surface area contributed by atoms with E-state index in [2.05, 4.69) is 5.32 Å². The molecule has 1 saturated heterocycles. The predicted octanol–water partition coefficient (Wildman–Crippen LogP) is 3.35. The van der Waals surface area contributed by atoms with Crippen molar-refractivity contribution in [2.45, 2.75) is 6.92 Å². The van der Waals surface area contributed by atoms with Gasteiger partial charge in [-0.05, 0) is 55.0 Å². The summed E-state index contributed by atoms with van der Waals surface area (Å²) in [6.07, 6.45) is 1.79. The summed E-state index contributed by atoms with van der Waals surface area (Å²) in [5.41, 5.74) is 2.13. The normalized spacial score (nSPS) is 15.9. The maximum atomic E-state index is 12.6. The Morgan fingerprint density at radius 3 is 2.48 bits per heavy atom. The topological polar surface area (TPSA) is 41.6 Å². The van der Waals surface area contributed by atoms with Crippen LogP contribution in [0.3, 0.4) is 0 Å². The second kappa shape index (κ2) is 6.62. The van der Waals surface area contributed by atoms with Crippen molar-refractivity contribution in [2.24, 2.45) is 0 Å². The van der Waals surface area contributed by atoms with Crippen molar-refractivity contribution in [2.75, 3.05) is 11.5 Å². The monoisotopic (exact) mass is 324 g/mol. The third-order valence-corrected chi connectivity index (χ3v) is 3.68. The first kappa shape index (κ1) is 15.2. The summed E-state index contributed by atoms with van der Waals surface area (Å²) < 4.78 is 5.41. The van der Waals surface area contributed by atoms with Crippen molar-refractivity contribution in [1.82, 2.24) is 5.32 Å². The number of nitrogens with zero attached hydrogens (tertiary/aromatic N) is 1. The molecule has 1 aliphatic heterocycles. The fourth-order valence-electron chi connectivity index (χ4n) is 2.34. The Morgan fingerprint density at radius 1 is 1.13 bits per heavy atom. The van der Waals surface area contributed by atoms with Crippen LogP contribution in [-0.4, -0.2) is 17.6 Å². The molecule has 0 aromatic heterocycles. The molecule has 2 aromatic carbocycles. The van der Waals surface area contributed by atoms with Crippen LogP contribution >= 0.6 is 12.2 Å². The summed E-state index contributed by atoms with van der Waals surface area (Å²) in [6, 6.07) is 17.0. The average Bonchev–Trinajstić information content (AvgIpc) is 2.84. The largest absolute Gasteiger partial charge is 0.494 e. The molecule has 1 amide bonds. The molecule has 1 aliphatic rings. The molecular weight excluding hydrogens is 308 g/mol. The van der Waals surface area contributed by atoms with E-state index in [4.69, 9.17) is 17.0 Å². The second-order valence-electron chi connectivity index (χ2n) is 4.97. The third kappa shape index (κ3) is 3.24. The van der Waals surface area contributed by atoms with Gasteiger partial charge in [-0.15, -0.1) is 0 Å². The van der Waals surface area contributed by atoms with Crippen molar-refractivity contribution < 1.29 is 9.53 Å². The number of amides is 1. The van der Waals surface area contributed by atoms with Crippen LogP contribution in [0.5, 0.6) is 5.75 Å². The fraction of sp³-hybridized carbons (Fsp3) is 0.111. The lowest BCUT2D eigenvalue weighted by Gasteiger charge is -2.14. The van der Waals surface area contributed by atoms with Crippen LogP contribution < -0.4 is 15.0 Å². The van der Waals surface area contributed by atoms with Crippen LogP contribution in [0.15, 0.2) is 60.3 Å². The van der Waals surface area contributed by atoms with Crippen molar-refractivity contribution in [1.29, 1.82) is 0 Å². The van der Waals surface area contributed by atoms with E-state index < -0.39 is 0 Å². The SMILES string of the molecule is CCOc1ccc(N2C(=O)/C(=C\c3ccccc3)NC2=S)cc1. The standard InChI is InChI=1S/C18H16N2O2S/c1-2-22-15-10-8-14(9-11-15)20-17(21)16(19-18(20)23)12-13-6-4-3-5-7-13/h3-12H,2H2,1H3,(H,19,23)/b16-12+. The molecule has 1 N–H and O–H groups in total. The highest BCUT2D eigenvalue weighted by molar-refractivity contribution is 7.80. The van der Waals surface area contributed by atoms with Gasteiger partial charge in [-0.3, -0.25) is 9.69 Å². The fourth-order valence-corrected chi connectivity index (χ4v) is 2.64. The van der Waals surface area contributed by atoms with Crippen molar-refractivity contribution in [3.8, 4) is 5.75 Å². The van der Waals surface area contributed by atoms with Crippen molar-refractivity contribution in [3.05, 3.63) is 65.9 Å². The van der Waals surface area contributed by atoms with Gasteiger partial charge < -0.3 is 10.1 Å². The van der Waals surface area contributed by atoms with Gasteiger partial charge >= 0.3 is 0 Å². The van der Waals surface area contributed by atoms with E-state index in [-0.39, 0.29) is 5.91 Å². The molecule has 0 bridgehead atoms. The zero-order valence-corrected chi connectivity index (χ0v) is 13.5. The van der Waals surface area contributed by atoms with Gasteiger partial charge in [0, 0.05) is 0 Å². The number of rotatable bonds is 4. The summed E-state index contributed by atoms with van der Waals surface area (Å²) in [4.78, 5) is 14.1. The van der Waals surface area contributed by atoms with Gasteiger partial charge in [0.15, 0.2) is 5.11 Å². The van der Waals surface area contributed by atoms with Gasteiger partial charge in [0.1, 0.15) is 11.4 Å². The Balaban J connectivity index is 1.85. The number of carbonyl (C=O) groups excluding carboxylic acids is 1. The smallest absolute Gasteiger partial charge is 0.281 e. The van der Waals surface area contributed by atoms with Crippen LogP contribution in [0.2, 0.25) is 0 Å². The Hall–Kier alpha value is -2.66. The summed E-state index contributed by atoms with van der Waals surface area (Å²) >= 11 is 5.30. The minimum absolute atomic E-state index is 0.164. The molecule has 23 heavy (non-hydrogen) atoms. The number of anilines is 1. The molecule has 1 heterocycles. The first-order chi connectivity index (χ1) is 11.2. The van der Waals surface area contributed by atoms with E-state index >= 15 is 0 Å². The minimum atomic E-state index is -0.164. The molecule has 116 valence electrons. The second-order valence-corrected chi connectivity index (χ2v) is 5.35. The molecule has 3 rings (SSSR count). The van der Waals surface area contributed by atoms with Crippen LogP contribution in [-0.2, 0) is 4.79 Å². The quantitative estimate of drug-likeness (QED) is 0.692. The van der Waals surface area contributed by atoms with Gasteiger partial charge in [-0.2, -0.15) is 0 Å². The Morgan fingerprint density at radius 2 is 1.83 bits per heavy atom. The van der Waals surface area contributed by atoms with Crippen molar-refractivity contribution >= 4 is 35.0 Å². The molecule has 0 saturated carbocycles. The van der Waals surface area contributed by atoms with E-state index in [9.17, 15) is 4.79 Å².